The Balaban J connectivity index is 1.15. The third-order valence-corrected chi connectivity index (χ3v) is 18.1. The molecule has 288 valence electrons. The monoisotopic (exact) mass is 737 g/mol. The molecule has 5 aliphatic carbocycles. The zero-order valence-electron chi connectivity index (χ0n) is 32.7. The van der Waals surface area contributed by atoms with Gasteiger partial charge in [-0.1, -0.05) is 52.8 Å². The van der Waals surface area contributed by atoms with Gasteiger partial charge in [-0.15, -0.1) is 0 Å². The van der Waals surface area contributed by atoms with Crippen LogP contribution in [0.5, 0.6) is 0 Å². The fraction of sp³-hybridized carbons (Fsp3) is 0.762. The van der Waals surface area contributed by atoms with E-state index in [1.165, 1.54) is 57.5 Å². The fourth-order valence-electron chi connectivity index (χ4n) is 13.7. The molecule has 1 amide bonds. The summed E-state index contributed by atoms with van der Waals surface area (Å²) in [5.74, 6) is 2.16. The lowest BCUT2D eigenvalue weighted by Crippen LogP contribution is -2.69. The lowest BCUT2D eigenvalue weighted by atomic mass is 9.33. The summed E-state index contributed by atoms with van der Waals surface area (Å²) < 4.78 is 34.2. The molecule has 1 aliphatic heterocycles. The smallest absolute Gasteiger partial charge is 0.407 e. The van der Waals surface area contributed by atoms with Crippen molar-refractivity contribution in [3.63, 3.8) is 0 Å². The van der Waals surface area contributed by atoms with Gasteiger partial charge in [-0.05, 0) is 120 Å². The molecule has 9 atom stereocenters. The topological polar surface area (TPSA) is 114 Å². The number of sulfone groups is 1. The number of nitrogens with one attached hydrogen (secondary N) is 2. The van der Waals surface area contributed by atoms with Crippen LogP contribution in [0.4, 0.5) is 4.79 Å². The highest BCUT2D eigenvalue weighted by Crippen LogP contribution is 2.76. The van der Waals surface area contributed by atoms with Crippen molar-refractivity contribution in [3.8, 4) is 0 Å². The molecule has 1 aromatic carbocycles. The van der Waals surface area contributed by atoms with Gasteiger partial charge in [-0.3, -0.25) is 0 Å². The molecule has 0 radical (unpaired) electrons. The Morgan fingerprint density at radius 3 is 2.23 bits per heavy atom. The van der Waals surface area contributed by atoms with Crippen LogP contribution in [0.15, 0.2) is 30.3 Å². The SMILES string of the molecule is COC(=O)N[C@@H]1CC[C@]2(NCCN3CCS(=O)(=O)CC3)CC[C@]3(C)[C@H](CC[C@@H]4[C@@]5(C)CC=C(c6ccc(C(=O)OC)cc6)C(C)(C)[C@@H]5CC[C@]43C)[C@@H]12. The molecule has 0 aromatic heterocycles. The van der Waals surface area contributed by atoms with Crippen LogP contribution in [0.3, 0.4) is 0 Å². The molecule has 10 heteroatoms. The number of hydrogen-bond donors (Lipinski definition) is 2. The molecule has 1 saturated heterocycles. The molecule has 52 heavy (non-hydrogen) atoms. The number of ether oxygens (including phenoxy) is 2. The van der Waals surface area contributed by atoms with Crippen LogP contribution in [0.25, 0.3) is 5.57 Å². The molecule has 7 rings (SSSR count). The van der Waals surface area contributed by atoms with Crippen molar-refractivity contribution < 1.29 is 27.5 Å². The molecule has 6 aliphatic rings. The van der Waals surface area contributed by atoms with Crippen LogP contribution in [-0.2, 0) is 19.3 Å². The minimum Gasteiger partial charge on any atom is -0.465 e. The van der Waals surface area contributed by atoms with Gasteiger partial charge >= 0.3 is 12.1 Å². The number of alkyl carbamates (subject to hydrolysis) is 1. The third-order valence-electron chi connectivity index (χ3n) is 16.5. The Morgan fingerprint density at radius 2 is 1.56 bits per heavy atom. The number of allylic oxidation sites excluding steroid dienone is 2. The van der Waals surface area contributed by atoms with E-state index in [4.69, 9.17) is 9.47 Å². The van der Waals surface area contributed by atoms with Gasteiger partial charge < -0.3 is 25.0 Å². The van der Waals surface area contributed by atoms with E-state index in [0.717, 1.165) is 38.8 Å². The number of nitrogens with zero attached hydrogens (tertiary/aromatic N) is 1. The molecule has 0 spiro atoms. The lowest BCUT2D eigenvalue weighted by molar-refractivity contribution is -0.218. The van der Waals surface area contributed by atoms with Gasteiger partial charge in [-0.2, -0.15) is 0 Å². The summed E-state index contributed by atoms with van der Waals surface area (Å²) >= 11 is 0. The standard InChI is InChI=1S/C42H63N3O6S/c1-38(2)30(28-8-10-29(11-9-28)36(46)50-6)14-17-39(3)33(38)16-18-41(5)34(39)13-12-31-35-32(44-37(47)51-7)15-19-42(35,21-20-40(31,41)4)43-22-23-45-24-26-52(48,49)27-25-45/h8-11,14,31-35,43H,12-13,15-27H2,1-7H3,(H,44,47)/t31-,32-,33+,34-,35+,39+,40-,41-,42+/m1/s1. The van der Waals surface area contributed by atoms with Crippen molar-refractivity contribution >= 4 is 27.5 Å². The number of amides is 1. The number of fused-ring (bicyclic) bond motifs is 7. The Kier molecular flexibility index (Phi) is 9.76. The first-order chi connectivity index (χ1) is 24.5. The van der Waals surface area contributed by atoms with Gasteiger partial charge in [0.1, 0.15) is 0 Å². The minimum atomic E-state index is -2.90. The van der Waals surface area contributed by atoms with Crippen molar-refractivity contribution in [2.75, 3.05) is 51.9 Å². The number of benzene rings is 1. The molecule has 5 fully saturated rings. The average molecular weight is 738 g/mol. The van der Waals surface area contributed by atoms with Gasteiger partial charge in [0.05, 0.1) is 31.3 Å². The Morgan fingerprint density at radius 1 is 0.846 bits per heavy atom. The molecule has 0 bridgehead atoms. The van der Waals surface area contributed by atoms with E-state index in [9.17, 15) is 18.0 Å². The molecular formula is C42H63N3O6S. The second-order valence-electron chi connectivity index (χ2n) is 18.7. The largest absolute Gasteiger partial charge is 0.465 e. The van der Waals surface area contributed by atoms with E-state index in [2.05, 4.69) is 68.4 Å². The van der Waals surface area contributed by atoms with Gasteiger partial charge in [0.15, 0.2) is 9.84 Å². The van der Waals surface area contributed by atoms with Gasteiger partial charge in [0.2, 0.25) is 0 Å². The van der Waals surface area contributed by atoms with E-state index < -0.39 is 9.84 Å². The summed E-state index contributed by atoms with van der Waals surface area (Å²) in [4.78, 5) is 27.2. The number of carbonyl (C=O) groups is 2. The van der Waals surface area contributed by atoms with E-state index in [-0.39, 0.29) is 56.8 Å². The first kappa shape index (κ1) is 37.9. The predicted octanol–water partition coefficient (Wildman–Crippen LogP) is 6.73. The van der Waals surface area contributed by atoms with Crippen LogP contribution in [0.2, 0.25) is 0 Å². The number of carbonyl (C=O) groups excluding carboxylic acids is 2. The van der Waals surface area contributed by atoms with E-state index in [0.29, 0.717) is 42.3 Å². The van der Waals surface area contributed by atoms with Crippen molar-refractivity contribution in [3.05, 3.63) is 41.5 Å². The van der Waals surface area contributed by atoms with E-state index in [1.807, 2.05) is 12.1 Å². The van der Waals surface area contributed by atoms with E-state index >= 15 is 0 Å². The van der Waals surface area contributed by atoms with Gasteiger partial charge in [0.25, 0.3) is 0 Å². The van der Waals surface area contributed by atoms with Crippen molar-refractivity contribution in [2.24, 2.45) is 45.3 Å². The summed E-state index contributed by atoms with van der Waals surface area (Å²) in [5.41, 5.74) is 3.62. The maximum Gasteiger partial charge on any atom is 0.407 e. The van der Waals surface area contributed by atoms with Crippen LogP contribution in [-0.4, -0.2) is 88.9 Å². The second kappa shape index (κ2) is 13.4. The molecule has 0 unspecified atom stereocenters. The maximum atomic E-state index is 12.8. The van der Waals surface area contributed by atoms with Crippen molar-refractivity contribution in [1.82, 2.24) is 15.5 Å². The summed E-state index contributed by atoms with van der Waals surface area (Å²) in [6, 6.07) is 8.06. The average Bonchev–Trinajstić information content (AvgIpc) is 3.46. The van der Waals surface area contributed by atoms with Gasteiger partial charge in [0, 0.05) is 43.7 Å². The fourth-order valence-corrected chi connectivity index (χ4v) is 15.0. The normalized spacial score (nSPS) is 40.6. The highest BCUT2D eigenvalue weighted by molar-refractivity contribution is 7.91. The number of methoxy groups -OCH3 is 2. The highest BCUT2D eigenvalue weighted by Gasteiger charge is 2.70. The lowest BCUT2D eigenvalue weighted by Gasteiger charge is -2.72. The summed E-state index contributed by atoms with van der Waals surface area (Å²) in [6.45, 7) is 15.7. The zero-order valence-corrected chi connectivity index (χ0v) is 33.5. The molecule has 9 nitrogen and oxygen atoms in total. The Hall–Kier alpha value is -2.43. The first-order valence-electron chi connectivity index (χ1n) is 20.0. The molecular weight excluding hydrogens is 675 g/mol. The quantitative estimate of drug-likeness (QED) is 0.297. The summed E-state index contributed by atoms with van der Waals surface area (Å²) in [6.07, 6.45) is 12.3. The molecule has 1 aromatic rings. The molecule has 2 N–H and O–H groups in total. The van der Waals surface area contributed by atoms with Crippen LogP contribution < -0.4 is 10.6 Å². The maximum absolute atomic E-state index is 12.8. The predicted molar refractivity (Wildman–Crippen MR) is 205 cm³/mol. The number of rotatable bonds is 7. The first-order valence-corrected chi connectivity index (χ1v) is 21.8. The summed E-state index contributed by atoms with van der Waals surface area (Å²) in [7, 11) is -0.0109. The molecule has 1 heterocycles. The Bertz CT molecular complexity index is 1680. The third kappa shape index (κ3) is 5.96. The number of hydrogen-bond acceptors (Lipinski definition) is 8. The van der Waals surface area contributed by atoms with Gasteiger partial charge in [-0.25, -0.2) is 18.0 Å². The van der Waals surface area contributed by atoms with Crippen LogP contribution >= 0.6 is 0 Å². The summed E-state index contributed by atoms with van der Waals surface area (Å²) in [5, 5.41) is 7.42. The number of esters is 1. The van der Waals surface area contributed by atoms with E-state index in [1.54, 1.807) is 0 Å². The van der Waals surface area contributed by atoms with Crippen LogP contribution in [0.1, 0.15) is 108 Å². The second-order valence-corrected chi connectivity index (χ2v) is 21.0. The van der Waals surface area contributed by atoms with Crippen molar-refractivity contribution in [2.45, 2.75) is 104 Å². The minimum absolute atomic E-state index is 0.00989. The zero-order chi connectivity index (χ0) is 37.3. The Labute approximate surface area is 312 Å². The highest BCUT2D eigenvalue weighted by atomic mass is 32.2. The van der Waals surface area contributed by atoms with Crippen molar-refractivity contribution in [1.29, 1.82) is 0 Å². The van der Waals surface area contributed by atoms with Crippen LogP contribution in [0, 0.1) is 45.3 Å². The molecule has 4 saturated carbocycles.